The Bertz CT molecular complexity index is 273. The molecule has 11 heavy (non-hydrogen) atoms. The molecular weight excluding hydrogens is 170 g/mol. The van der Waals surface area contributed by atoms with Gasteiger partial charge in [0.1, 0.15) is 0 Å². The number of aliphatic carboxylic acids is 1. The molecule has 0 amide bonds. The van der Waals surface area contributed by atoms with Crippen LogP contribution in [0.2, 0.25) is 0 Å². The average Bonchev–Trinajstić information content (AvgIpc) is 1.86. The molecule has 0 radical (unpaired) electrons. The van der Waals surface area contributed by atoms with Gasteiger partial charge in [0.2, 0.25) is 0 Å². The standard InChI is InChI=1S/C5H9NO4S/c1-3-5(2,4(7)8)6-11(9)10/h3H2,1-2H3,(H,7,8). The van der Waals surface area contributed by atoms with E-state index in [0.717, 1.165) is 0 Å². The van der Waals surface area contributed by atoms with Crippen molar-refractivity contribution in [3.63, 3.8) is 0 Å². The van der Waals surface area contributed by atoms with Gasteiger partial charge in [0.05, 0.1) is 0 Å². The van der Waals surface area contributed by atoms with Crippen LogP contribution >= 0.6 is 0 Å². The molecule has 0 spiro atoms. The van der Waals surface area contributed by atoms with Crippen LogP contribution in [0.25, 0.3) is 0 Å². The second-order valence-corrected chi connectivity index (χ2v) is 2.86. The van der Waals surface area contributed by atoms with Crippen LogP contribution in [0.3, 0.4) is 0 Å². The van der Waals surface area contributed by atoms with Crippen LogP contribution in [0.15, 0.2) is 4.36 Å². The van der Waals surface area contributed by atoms with Crippen molar-refractivity contribution in [1.82, 2.24) is 0 Å². The summed E-state index contributed by atoms with van der Waals surface area (Å²) < 4.78 is 23.1. The first-order chi connectivity index (χ1) is 4.92. The third-order valence-electron chi connectivity index (χ3n) is 1.43. The number of nitrogens with zero attached hydrogens (tertiary/aromatic N) is 1. The summed E-state index contributed by atoms with van der Waals surface area (Å²) in [6, 6.07) is 0. The van der Waals surface area contributed by atoms with E-state index in [9.17, 15) is 13.2 Å². The predicted octanol–water partition coefficient (Wildman–Crippen LogP) is 0.302. The third-order valence-corrected chi connectivity index (χ3v) is 1.98. The fourth-order valence-electron chi connectivity index (χ4n) is 0.419. The van der Waals surface area contributed by atoms with Crippen molar-refractivity contribution in [3.05, 3.63) is 0 Å². The first-order valence-electron chi connectivity index (χ1n) is 2.98. The molecule has 0 fully saturated rings. The Morgan fingerprint density at radius 3 is 2.18 bits per heavy atom. The minimum Gasteiger partial charge on any atom is -0.479 e. The lowest BCUT2D eigenvalue weighted by molar-refractivity contribution is -0.142. The normalized spacial score (nSPS) is 15.1. The van der Waals surface area contributed by atoms with Crippen LogP contribution < -0.4 is 0 Å². The van der Waals surface area contributed by atoms with Gasteiger partial charge in [-0.2, -0.15) is 12.8 Å². The Labute approximate surface area is 65.7 Å². The summed E-state index contributed by atoms with van der Waals surface area (Å²) in [5.41, 5.74) is -1.51. The van der Waals surface area contributed by atoms with Gasteiger partial charge < -0.3 is 5.11 Å². The van der Waals surface area contributed by atoms with E-state index in [1.54, 1.807) is 6.92 Å². The molecule has 0 aliphatic carbocycles. The highest BCUT2D eigenvalue weighted by atomic mass is 32.2. The molecule has 0 aliphatic rings. The van der Waals surface area contributed by atoms with Gasteiger partial charge in [0.25, 0.3) is 0 Å². The van der Waals surface area contributed by atoms with Crippen molar-refractivity contribution in [1.29, 1.82) is 0 Å². The maximum atomic E-state index is 10.4. The second kappa shape index (κ2) is 3.47. The van der Waals surface area contributed by atoms with Gasteiger partial charge in [-0.15, -0.1) is 0 Å². The van der Waals surface area contributed by atoms with Crippen molar-refractivity contribution < 1.29 is 18.3 Å². The second-order valence-electron chi connectivity index (χ2n) is 2.24. The van der Waals surface area contributed by atoms with E-state index >= 15 is 0 Å². The Kier molecular flexibility index (Phi) is 3.18. The fourth-order valence-corrected chi connectivity index (χ4v) is 0.956. The van der Waals surface area contributed by atoms with Gasteiger partial charge in [0.15, 0.2) is 5.54 Å². The van der Waals surface area contributed by atoms with Crippen molar-refractivity contribution in [2.75, 3.05) is 0 Å². The highest BCUT2D eigenvalue weighted by Gasteiger charge is 2.31. The number of hydrogen-bond acceptors (Lipinski definition) is 4. The minimum absolute atomic E-state index is 0.149. The molecule has 0 aromatic rings. The zero-order chi connectivity index (χ0) is 9.07. The van der Waals surface area contributed by atoms with Gasteiger partial charge >= 0.3 is 16.5 Å². The summed E-state index contributed by atoms with van der Waals surface area (Å²) in [5, 5.41) is 8.51. The predicted molar refractivity (Wildman–Crippen MR) is 37.7 cm³/mol. The maximum Gasteiger partial charge on any atom is 0.332 e. The van der Waals surface area contributed by atoms with E-state index in [-0.39, 0.29) is 6.42 Å². The fraction of sp³-hybridized carbons (Fsp3) is 0.800. The lowest BCUT2D eigenvalue weighted by atomic mass is 10.0. The molecule has 0 bridgehead atoms. The van der Waals surface area contributed by atoms with E-state index in [0.29, 0.717) is 0 Å². The van der Waals surface area contributed by atoms with Gasteiger partial charge in [-0.25, -0.2) is 4.79 Å². The Balaban J connectivity index is 4.92. The van der Waals surface area contributed by atoms with Crippen LogP contribution in [0, 0.1) is 0 Å². The lowest BCUT2D eigenvalue weighted by Crippen LogP contribution is -2.31. The maximum absolute atomic E-state index is 10.4. The SMILES string of the molecule is CCC(C)(N=S(=O)=O)C(=O)O. The molecule has 0 aromatic heterocycles. The van der Waals surface area contributed by atoms with Gasteiger partial charge in [-0.05, 0) is 13.3 Å². The highest BCUT2D eigenvalue weighted by Crippen LogP contribution is 2.14. The Hall–Kier alpha value is -0.910. The summed E-state index contributed by atoms with van der Waals surface area (Å²) >= 11 is 0. The minimum atomic E-state index is -2.66. The number of carbonyl (C=O) groups is 1. The zero-order valence-corrected chi connectivity index (χ0v) is 7.05. The lowest BCUT2D eigenvalue weighted by Gasteiger charge is -2.13. The smallest absolute Gasteiger partial charge is 0.332 e. The quantitative estimate of drug-likeness (QED) is 0.675. The molecule has 0 rings (SSSR count). The van der Waals surface area contributed by atoms with Crippen LogP contribution in [0.4, 0.5) is 0 Å². The zero-order valence-electron chi connectivity index (χ0n) is 6.23. The topological polar surface area (TPSA) is 83.8 Å². The average molecular weight is 179 g/mol. The summed E-state index contributed by atoms with van der Waals surface area (Å²) in [6.45, 7) is 2.82. The van der Waals surface area contributed by atoms with Crippen molar-refractivity contribution in [2.45, 2.75) is 25.8 Å². The molecule has 1 N–H and O–H groups in total. The van der Waals surface area contributed by atoms with E-state index < -0.39 is 22.0 Å². The van der Waals surface area contributed by atoms with Gasteiger partial charge in [0, 0.05) is 0 Å². The van der Waals surface area contributed by atoms with E-state index in [4.69, 9.17) is 5.11 Å². The van der Waals surface area contributed by atoms with Crippen LogP contribution in [0.1, 0.15) is 20.3 Å². The molecule has 64 valence electrons. The third kappa shape index (κ3) is 2.67. The molecule has 0 saturated heterocycles. The molecule has 0 aromatic carbocycles. The molecule has 1 unspecified atom stereocenters. The van der Waals surface area contributed by atoms with Crippen LogP contribution in [-0.4, -0.2) is 25.0 Å². The highest BCUT2D eigenvalue weighted by molar-refractivity contribution is 7.61. The largest absolute Gasteiger partial charge is 0.479 e. The van der Waals surface area contributed by atoms with E-state index in [1.807, 2.05) is 0 Å². The van der Waals surface area contributed by atoms with Crippen LogP contribution in [0.5, 0.6) is 0 Å². The molecule has 0 aliphatic heterocycles. The first-order valence-corrected chi connectivity index (χ1v) is 4.01. The Morgan fingerprint density at radius 1 is 1.64 bits per heavy atom. The monoisotopic (exact) mass is 179 g/mol. The van der Waals surface area contributed by atoms with E-state index in [1.165, 1.54) is 6.92 Å². The Morgan fingerprint density at radius 2 is 2.09 bits per heavy atom. The molecule has 0 heterocycles. The molecule has 1 atom stereocenters. The summed E-state index contributed by atoms with van der Waals surface area (Å²) in [7, 11) is -2.66. The molecule has 5 nitrogen and oxygen atoms in total. The molecular formula is C5H9NO4S. The van der Waals surface area contributed by atoms with Crippen molar-refractivity contribution in [3.8, 4) is 0 Å². The summed E-state index contributed by atoms with van der Waals surface area (Å²) in [5.74, 6) is -1.23. The number of carboxylic acids is 1. The molecule has 6 heteroatoms. The molecule has 0 saturated carbocycles. The van der Waals surface area contributed by atoms with E-state index in [2.05, 4.69) is 4.36 Å². The van der Waals surface area contributed by atoms with Crippen LogP contribution in [-0.2, 0) is 15.3 Å². The number of carboxylic acid groups (broad SMARTS) is 1. The van der Waals surface area contributed by atoms with Gasteiger partial charge in [-0.3, -0.25) is 0 Å². The van der Waals surface area contributed by atoms with Gasteiger partial charge in [-0.1, -0.05) is 6.92 Å². The number of rotatable bonds is 3. The summed E-state index contributed by atoms with van der Waals surface area (Å²) in [6.07, 6.45) is 0.149. The van der Waals surface area contributed by atoms with Crippen molar-refractivity contribution >= 4 is 16.5 Å². The first kappa shape index (κ1) is 10.1. The van der Waals surface area contributed by atoms with Crippen molar-refractivity contribution in [2.24, 2.45) is 4.36 Å². The summed E-state index contributed by atoms with van der Waals surface area (Å²) in [4.78, 5) is 10.4. The number of hydrogen-bond donors (Lipinski definition) is 1.